The molecule has 0 aliphatic carbocycles. The third-order valence-electron chi connectivity index (χ3n) is 4.62. The first-order valence-corrected chi connectivity index (χ1v) is 11.1. The van der Waals surface area contributed by atoms with Gasteiger partial charge in [-0.05, 0) is 55.5 Å². The molecule has 0 amide bonds. The Labute approximate surface area is 174 Å². The highest BCUT2D eigenvalue weighted by Gasteiger charge is 2.16. The molecule has 144 valence electrons. The van der Waals surface area contributed by atoms with Crippen molar-refractivity contribution in [3.05, 3.63) is 115 Å². The van der Waals surface area contributed by atoms with Crippen LogP contribution in [0.4, 0.5) is 17.1 Å². The largest absolute Gasteiger partial charge is 0.350 e. The van der Waals surface area contributed by atoms with Crippen LogP contribution in [-0.4, -0.2) is 6.61 Å². The molecular formula is C26H24NOP. The van der Waals surface area contributed by atoms with Crippen molar-refractivity contribution in [2.75, 3.05) is 11.5 Å². The van der Waals surface area contributed by atoms with Gasteiger partial charge in [-0.25, -0.2) is 0 Å². The minimum absolute atomic E-state index is 0.697. The molecule has 29 heavy (non-hydrogen) atoms. The van der Waals surface area contributed by atoms with E-state index in [1.807, 2.05) is 18.2 Å². The maximum Gasteiger partial charge on any atom is 0.0917 e. The molecule has 0 saturated carbocycles. The van der Waals surface area contributed by atoms with E-state index < -0.39 is 8.15 Å². The van der Waals surface area contributed by atoms with E-state index in [0.717, 1.165) is 17.1 Å². The van der Waals surface area contributed by atoms with Crippen molar-refractivity contribution in [1.29, 1.82) is 0 Å². The fourth-order valence-corrected chi connectivity index (χ4v) is 5.05. The molecule has 4 aromatic rings. The fourth-order valence-electron chi connectivity index (χ4n) is 3.33. The minimum atomic E-state index is -0.810. The Balaban J connectivity index is 1.71. The second kappa shape index (κ2) is 9.52. The molecule has 1 unspecified atom stereocenters. The predicted octanol–water partition coefficient (Wildman–Crippen LogP) is 6.54. The highest BCUT2D eigenvalue weighted by atomic mass is 31.1. The molecule has 0 spiro atoms. The smallest absolute Gasteiger partial charge is 0.0917 e. The molecule has 0 radical (unpaired) electrons. The normalized spacial score (nSPS) is 11.8. The molecule has 0 aliphatic heterocycles. The van der Waals surface area contributed by atoms with E-state index in [0.29, 0.717) is 6.61 Å². The first-order chi connectivity index (χ1) is 14.4. The van der Waals surface area contributed by atoms with Crippen LogP contribution in [0, 0.1) is 0 Å². The van der Waals surface area contributed by atoms with E-state index in [1.54, 1.807) is 0 Å². The van der Waals surface area contributed by atoms with Crippen LogP contribution in [0.15, 0.2) is 115 Å². The second-order valence-corrected chi connectivity index (χ2v) is 8.45. The van der Waals surface area contributed by atoms with Gasteiger partial charge in [0, 0.05) is 34.3 Å². The van der Waals surface area contributed by atoms with Crippen LogP contribution < -0.4 is 15.5 Å². The number of nitrogens with zero attached hydrogens (tertiary/aromatic N) is 1. The van der Waals surface area contributed by atoms with Gasteiger partial charge in [-0.3, -0.25) is 0 Å². The lowest BCUT2D eigenvalue weighted by Gasteiger charge is -2.26. The summed E-state index contributed by atoms with van der Waals surface area (Å²) in [6.45, 7) is 2.75. The molecule has 0 N–H and O–H groups in total. The Bertz CT molecular complexity index is 965. The van der Waals surface area contributed by atoms with E-state index in [1.165, 1.54) is 10.6 Å². The summed E-state index contributed by atoms with van der Waals surface area (Å²) in [5.74, 6) is 0. The standard InChI is InChI=1S/C26H24NOP/c1-2-28-29(25-16-10-5-11-17-25)26-20-18-24(19-21-26)27(22-12-6-3-7-13-22)23-14-8-4-9-15-23/h3-21H,2H2,1H3. The molecule has 0 fully saturated rings. The molecule has 0 aliphatic rings. The van der Waals surface area contributed by atoms with E-state index >= 15 is 0 Å². The van der Waals surface area contributed by atoms with Crippen LogP contribution in [0.3, 0.4) is 0 Å². The van der Waals surface area contributed by atoms with Crippen molar-refractivity contribution in [3.63, 3.8) is 0 Å². The average Bonchev–Trinajstić information content (AvgIpc) is 2.80. The molecule has 3 heteroatoms. The predicted molar refractivity (Wildman–Crippen MR) is 125 cm³/mol. The zero-order valence-electron chi connectivity index (χ0n) is 16.5. The second-order valence-electron chi connectivity index (χ2n) is 6.57. The molecule has 0 heterocycles. The lowest BCUT2D eigenvalue weighted by atomic mass is 10.2. The Morgan fingerprint density at radius 2 is 0.966 bits per heavy atom. The Morgan fingerprint density at radius 1 is 0.552 bits per heavy atom. The zero-order valence-corrected chi connectivity index (χ0v) is 17.4. The summed E-state index contributed by atoms with van der Waals surface area (Å²) in [5, 5.41) is 2.46. The molecule has 0 saturated heterocycles. The summed E-state index contributed by atoms with van der Waals surface area (Å²) in [7, 11) is -0.810. The van der Waals surface area contributed by atoms with E-state index in [-0.39, 0.29) is 0 Å². The Hall–Kier alpha value is -2.93. The maximum absolute atomic E-state index is 6.13. The van der Waals surface area contributed by atoms with E-state index in [4.69, 9.17) is 4.52 Å². The minimum Gasteiger partial charge on any atom is -0.350 e. The van der Waals surface area contributed by atoms with Crippen LogP contribution in [-0.2, 0) is 4.52 Å². The topological polar surface area (TPSA) is 12.5 Å². The maximum atomic E-state index is 6.13. The Morgan fingerprint density at radius 3 is 1.45 bits per heavy atom. The van der Waals surface area contributed by atoms with Crippen molar-refractivity contribution >= 4 is 35.8 Å². The number of hydrogen-bond donors (Lipinski definition) is 0. The molecule has 0 bridgehead atoms. The lowest BCUT2D eigenvalue weighted by Crippen LogP contribution is -2.15. The van der Waals surface area contributed by atoms with Gasteiger partial charge in [0.2, 0.25) is 0 Å². The van der Waals surface area contributed by atoms with Gasteiger partial charge in [0.05, 0.1) is 8.15 Å². The number of benzene rings is 4. The van der Waals surface area contributed by atoms with Gasteiger partial charge < -0.3 is 9.42 Å². The lowest BCUT2D eigenvalue weighted by molar-refractivity contribution is 0.388. The van der Waals surface area contributed by atoms with Gasteiger partial charge in [-0.2, -0.15) is 0 Å². The third-order valence-corrected chi connectivity index (χ3v) is 6.67. The van der Waals surface area contributed by atoms with Gasteiger partial charge in [-0.1, -0.05) is 66.7 Å². The summed E-state index contributed by atoms with van der Waals surface area (Å²) in [6.07, 6.45) is 0. The number of anilines is 3. The zero-order chi connectivity index (χ0) is 19.9. The van der Waals surface area contributed by atoms with Gasteiger partial charge >= 0.3 is 0 Å². The average molecular weight is 397 g/mol. The van der Waals surface area contributed by atoms with Crippen molar-refractivity contribution in [2.45, 2.75) is 6.92 Å². The highest BCUT2D eigenvalue weighted by molar-refractivity contribution is 7.68. The van der Waals surface area contributed by atoms with E-state index in [9.17, 15) is 0 Å². The fraction of sp³-hybridized carbons (Fsp3) is 0.0769. The van der Waals surface area contributed by atoms with Crippen molar-refractivity contribution in [2.24, 2.45) is 0 Å². The summed E-state index contributed by atoms with van der Waals surface area (Å²) >= 11 is 0. The quantitative estimate of drug-likeness (QED) is 0.328. The molecule has 2 nitrogen and oxygen atoms in total. The summed E-state index contributed by atoms with van der Waals surface area (Å²) in [4.78, 5) is 2.27. The third kappa shape index (κ3) is 4.56. The van der Waals surface area contributed by atoms with Crippen molar-refractivity contribution in [3.8, 4) is 0 Å². The first-order valence-electron chi connectivity index (χ1n) is 9.85. The van der Waals surface area contributed by atoms with Crippen molar-refractivity contribution in [1.82, 2.24) is 0 Å². The summed E-state index contributed by atoms with van der Waals surface area (Å²) < 4.78 is 6.13. The van der Waals surface area contributed by atoms with Crippen LogP contribution >= 0.6 is 8.15 Å². The Kier molecular flexibility index (Phi) is 6.36. The summed E-state index contributed by atoms with van der Waals surface area (Å²) in [6, 6.07) is 40.2. The molecule has 4 rings (SSSR count). The highest BCUT2D eigenvalue weighted by Crippen LogP contribution is 2.37. The molecule has 0 aromatic heterocycles. The van der Waals surface area contributed by atoms with Gasteiger partial charge in [-0.15, -0.1) is 0 Å². The van der Waals surface area contributed by atoms with Gasteiger partial charge in [0.15, 0.2) is 0 Å². The molecule has 4 aromatic carbocycles. The van der Waals surface area contributed by atoms with Crippen LogP contribution in [0.5, 0.6) is 0 Å². The molecular weight excluding hydrogens is 373 g/mol. The summed E-state index contributed by atoms with van der Waals surface area (Å²) in [5.41, 5.74) is 3.41. The van der Waals surface area contributed by atoms with Gasteiger partial charge in [0.25, 0.3) is 0 Å². The monoisotopic (exact) mass is 397 g/mol. The van der Waals surface area contributed by atoms with Gasteiger partial charge in [0.1, 0.15) is 0 Å². The number of hydrogen-bond acceptors (Lipinski definition) is 2. The number of para-hydroxylation sites is 2. The first kappa shape index (κ1) is 19.4. The van der Waals surface area contributed by atoms with Crippen LogP contribution in [0.1, 0.15) is 6.92 Å². The van der Waals surface area contributed by atoms with Crippen LogP contribution in [0.2, 0.25) is 0 Å². The van der Waals surface area contributed by atoms with E-state index in [2.05, 4.69) is 109 Å². The SMILES string of the molecule is CCOP(c1ccccc1)c1ccc(N(c2ccccc2)c2ccccc2)cc1. The number of rotatable bonds is 7. The molecule has 1 atom stereocenters. The van der Waals surface area contributed by atoms with Crippen LogP contribution in [0.25, 0.3) is 0 Å². The van der Waals surface area contributed by atoms with Crippen molar-refractivity contribution < 1.29 is 4.52 Å².